The molecule has 1 unspecified atom stereocenters. The smallest absolute Gasteiger partial charge is 0.290 e. The number of carbonyl (C=O) groups is 2. The fourth-order valence-electron chi connectivity index (χ4n) is 4.98. The first-order valence-corrected chi connectivity index (χ1v) is 10.9. The highest BCUT2D eigenvalue weighted by molar-refractivity contribution is 6.16. The Balaban J connectivity index is 1.62. The van der Waals surface area contributed by atoms with Crippen LogP contribution in [0.15, 0.2) is 70.3 Å². The van der Waals surface area contributed by atoms with Crippen LogP contribution in [0.25, 0.3) is 11.0 Å². The Bertz CT molecular complexity index is 1170. The average Bonchev–Trinajstić information content (AvgIpc) is 3.33. The second-order valence-electron chi connectivity index (χ2n) is 8.56. The Morgan fingerprint density at radius 3 is 2.55 bits per heavy atom. The highest BCUT2D eigenvalue weighted by Crippen LogP contribution is 2.43. The van der Waals surface area contributed by atoms with Gasteiger partial charge in [-0.2, -0.15) is 0 Å². The van der Waals surface area contributed by atoms with Gasteiger partial charge in [-0.05, 0) is 37.5 Å². The zero-order valence-corrected chi connectivity index (χ0v) is 17.5. The van der Waals surface area contributed by atoms with Crippen molar-refractivity contribution < 1.29 is 19.1 Å². The molecule has 0 radical (unpaired) electrons. The number of para-hydroxylation sites is 1. The highest BCUT2D eigenvalue weighted by atomic mass is 16.3. The second kappa shape index (κ2) is 7.73. The van der Waals surface area contributed by atoms with E-state index < -0.39 is 23.5 Å². The number of nitrogens with zero attached hydrogens (tertiary/aromatic N) is 1. The van der Waals surface area contributed by atoms with Gasteiger partial charge in [-0.25, -0.2) is 0 Å². The zero-order valence-electron chi connectivity index (χ0n) is 17.5. The van der Waals surface area contributed by atoms with Crippen LogP contribution in [0.3, 0.4) is 0 Å². The normalized spacial score (nSPS) is 20.1. The molecule has 0 saturated heterocycles. The van der Waals surface area contributed by atoms with Crippen LogP contribution in [0, 0.1) is 6.92 Å². The summed E-state index contributed by atoms with van der Waals surface area (Å²) in [6, 6.07) is 16.3. The maximum atomic E-state index is 13.6. The minimum Gasteiger partial charge on any atom is -0.503 e. The minimum absolute atomic E-state index is 0.00915. The van der Waals surface area contributed by atoms with Gasteiger partial charge in [-0.1, -0.05) is 67.3 Å². The summed E-state index contributed by atoms with van der Waals surface area (Å²) >= 11 is 0. The lowest BCUT2D eigenvalue weighted by Crippen LogP contribution is -2.41. The Morgan fingerprint density at radius 2 is 1.81 bits per heavy atom. The second-order valence-corrected chi connectivity index (χ2v) is 8.56. The predicted octanol–water partition coefficient (Wildman–Crippen LogP) is 5.65. The molecule has 0 spiro atoms. The zero-order chi connectivity index (χ0) is 21.5. The van der Waals surface area contributed by atoms with E-state index >= 15 is 0 Å². The van der Waals surface area contributed by atoms with Crippen LogP contribution in [0.2, 0.25) is 0 Å². The van der Waals surface area contributed by atoms with E-state index in [1.54, 1.807) is 17.0 Å². The van der Waals surface area contributed by atoms with Crippen molar-refractivity contribution in [3.63, 3.8) is 0 Å². The van der Waals surface area contributed by atoms with E-state index in [9.17, 15) is 14.7 Å². The van der Waals surface area contributed by atoms with Gasteiger partial charge >= 0.3 is 0 Å². The van der Waals surface area contributed by atoms with Crippen molar-refractivity contribution in [3.05, 3.63) is 82.8 Å². The van der Waals surface area contributed by atoms with Gasteiger partial charge in [0.15, 0.2) is 11.5 Å². The molecule has 1 aliphatic heterocycles. The summed E-state index contributed by atoms with van der Waals surface area (Å²) < 4.78 is 5.79. The first kappa shape index (κ1) is 19.6. The largest absolute Gasteiger partial charge is 0.503 e. The van der Waals surface area contributed by atoms with E-state index in [-0.39, 0.29) is 17.4 Å². The summed E-state index contributed by atoms with van der Waals surface area (Å²) in [7, 11) is 0. The molecule has 5 heteroatoms. The molecule has 31 heavy (non-hydrogen) atoms. The molecule has 1 fully saturated rings. The number of rotatable bonds is 4. The molecule has 0 bridgehead atoms. The van der Waals surface area contributed by atoms with Crippen LogP contribution < -0.4 is 0 Å². The van der Waals surface area contributed by atoms with Crippen molar-refractivity contribution in [2.45, 2.75) is 51.1 Å². The van der Waals surface area contributed by atoms with Crippen molar-refractivity contribution in [2.24, 2.45) is 0 Å². The molecule has 1 aliphatic carbocycles. The monoisotopic (exact) mass is 415 g/mol. The van der Waals surface area contributed by atoms with Crippen molar-refractivity contribution in [1.29, 1.82) is 0 Å². The summed E-state index contributed by atoms with van der Waals surface area (Å²) in [5, 5.41) is 11.7. The number of ketones is 1. The van der Waals surface area contributed by atoms with Gasteiger partial charge in [0.05, 0.1) is 11.6 Å². The van der Waals surface area contributed by atoms with E-state index in [4.69, 9.17) is 4.42 Å². The van der Waals surface area contributed by atoms with Gasteiger partial charge in [0.2, 0.25) is 5.78 Å². The lowest BCUT2D eigenvalue weighted by Gasteiger charge is -2.36. The van der Waals surface area contributed by atoms with Gasteiger partial charge in [0.25, 0.3) is 5.91 Å². The van der Waals surface area contributed by atoms with Crippen LogP contribution in [-0.2, 0) is 4.79 Å². The first-order chi connectivity index (χ1) is 15.0. The maximum Gasteiger partial charge on any atom is 0.290 e. The number of fused-ring (bicyclic) bond motifs is 1. The molecule has 2 heterocycles. The Morgan fingerprint density at radius 1 is 1.03 bits per heavy atom. The molecule has 3 aromatic rings. The lowest BCUT2D eigenvalue weighted by molar-refractivity contribution is -0.132. The van der Waals surface area contributed by atoms with Crippen LogP contribution in [0.1, 0.15) is 59.8 Å². The maximum absolute atomic E-state index is 13.6. The van der Waals surface area contributed by atoms with Crippen molar-refractivity contribution in [2.75, 3.05) is 0 Å². The molecule has 1 atom stereocenters. The standard InChI is InChI=1S/C26H25NO4/c1-16-8-7-10-18(14-16)23-22(24(28)21-15-17-9-5-6-13-20(17)31-21)25(29)26(30)27(23)19-11-3-2-4-12-19/h5-10,13-15,19,23,29H,2-4,11-12H2,1H3. The van der Waals surface area contributed by atoms with Gasteiger partial charge in [0.1, 0.15) is 5.58 Å². The number of aryl methyl sites for hydroxylation is 1. The molecular weight excluding hydrogens is 390 g/mol. The predicted molar refractivity (Wildman–Crippen MR) is 118 cm³/mol. The molecule has 5 rings (SSSR count). The quantitative estimate of drug-likeness (QED) is 0.559. The summed E-state index contributed by atoms with van der Waals surface area (Å²) in [6.45, 7) is 1.98. The Hall–Kier alpha value is -3.34. The Kier molecular flexibility index (Phi) is 4.89. The van der Waals surface area contributed by atoms with Crippen molar-refractivity contribution in [3.8, 4) is 0 Å². The van der Waals surface area contributed by atoms with Crippen LogP contribution in [0.4, 0.5) is 0 Å². The van der Waals surface area contributed by atoms with Crippen LogP contribution >= 0.6 is 0 Å². The van der Waals surface area contributed by atoms with E-state index in [1.165, 1.54) is 0 Å². The van der Waals surface area contributed by atoms with E-state index in [2.05, 4.69) is 0 Å². The van der Waals surface area contributed by atoms with E-state index in [1.807, 2.05) is 49.4 Å². The SMILES string of the molecule is Cc1cccc(C2C(C(=O)c3cc4ccccc4o3)=C(O)C(=O)N2C2CCCCC2)c1. The lowest BCUT2D eigenvalue weighted by atomic mass is 9.89. The minimum atomic E-state index is -0.615. The summed E-state index contributed by atoms with van der Waals surface area (Å²) in [6.07, 6.45) is 5.00. The van der Waals surface area contributed by atoms with E-state index in [0.717, 1.165) is 48.6 Å². The molecule has 1 saturated carbocycles. The molecule has 5 nitrogen and oxygen atoms in total. The molecule has 1 amide bonds. The third-order valence-electron chi connectivity index (χ3n) is 6.46. The molecule has 158 valence electrons. The number of hydrogen-bond donors (Lipinski definition) is 1. The molecule has 2 aliphatic rings. The third-order valence-corrected chi connectivity index (χ3v) is 6.46. The number of Topliss-reactive ketones (excluding diaryl/α,β-unsaturated/α-hetero) is 1. The first-order valence-electron chi connectivity index (χ1n) is 10.9. The molecule has 1 aromatic heterocycles. The summed E-state index contributed by atoms with van der Waals surface area (Å²) in [4.78, 5) is 28.5. The number of benzene rings is 2. The number of furan rings is 1. The van der Waals surface area contributed by atoms with Crippen LogP contribution in [-0.4, -0.2) is 27.7 Å². The number of amides is 1. The summed E-state index contributed by atoms with van der Waals surface area (Å²) in [5.41, 5.74) is 2.59. The Labute approximate surface area is 181 Å². The third kappa shape index (κ3) is 3.34. The molecular formula is C26H25NO4. The summed E-state index contributed by atoms with van der Waals surface area (Å²) in [5.74, 6) is -1.22. The van der Waals surface area contributed by atoms with Gasteiger partial charge in [-0.15, -0.1) is 0 Å². The topological polar surface area (TPSA) is 70.7 Å². The van der Waals surface area contributed by atoms with Crippen molar-refractivity contribution in [1.82, 2.24) is 4.90 Å². The van der Waals surface area contributed by atoms with Crippen molar-refractivity contribution >= 4 is 22.7 Å². The van der Waals surface area contributed by atoms with Gasteiger partial charge in [-0.3, -0.25) is 9.59 Å². The average molecular weight is 415 g/mol. The number of aliphatic hydroxyl groups is 1. The van der Waals surface area contributed by atoms with E-state index in [0.29, 0.717) is 5.58 Å². The van der Waals surface area contributed by atoms with Crippen LogP contribution in [0.5, 0.6) is 0 Å². The highest BCUT2D eigenvalue weighted by Gasteiger charge is 2.47. The van der Waals surface area contributed by atoms with Gasteiger partial charge in [0, 0.05) is 11.4 Å². The van der Waals surface area contributed by atoms with Gasteiger partial charge < -0.3 is 14.4 Å². The fraction of sp³-hybridized carbons (Fsp3) is 0.308. The fourth-order valence-corrected chi connectivity index (χ4v) is 4.98. The number of hydrogen-bond acceptors (Lipinski definition) is 4. The molecule has 2 aromatic carbocycles. The number of carbonyl (C=O) groups excluding carboxylic acids is 2. The molecule has 1 N–H and O–H groups in total. The number of aliphatic hydroxyl groups excluding tert-OH is 1.